The van der Waals surface area contributed by atoms with E-state index in [0.717, 1.165) is 31.0 Å². The second kappa shape index (κ2) is 6.76. The van der Waals surface area contributed by atoms with Gasteiger partial charge in [0, 0.05) is 17.8 Å². The van der Waals surface area contributed by atoms with Gasteiger partial charge < -0.3 is 10.1 Å². The predicted molar refractivity (Wildman–Crippen MR) is 85.9 cm³/mol. The highest BCUT2D eigenvalue weighted by Crippen LogP contribution is 2.23. The summed E-state index contributed by atoms with van der Waals surface area (Å²) < 4.78 is 7.57. The first-order chi connectivity index (χ1) is 10.1. The van der Waals surface area contributed by atoms with Crippen LogP contribution in [0.15, 0.2) is 18.2 Å². The number of benzene rings is 1. The molecule has 114 valence electrons. The van der Waals surface area contributed by atoms with Gasteiger partial charge in [-0.05, 0) is 50.6 Å². The molecule has 0 radical (unpaired) electrons. The summed E-state index contributed by atoms with van der Waals surface area (Å²) in [7, 11) is 3.67. The minimum Gasteiger partial charge on any atom is -0.496 e. The number of nitrogens with one attached hydrogen (secondary N) is 1. The maximum Gasteiger partial charge on any atom is 0.123 e. The van der Waals surface area contributed by atoms with Gasteiger partial charge in [-0.3, -0.25) is 4.68 Å². The first kappa shape index (κ1) is 15.6. The fraction of sp³-hybridized carbons (Fsp3) is 0.471. The Morgan fingerprint density at radius 3 is 2.62 bits per heavy atom. The van der Waals surface area contributed by atoms with E-state index in [9.17, 15) is 0 Å². The van der Waals surface area contributed by atoms with Crippen molar-refractivity contribution >= 4 is 0 Å². The van der Waals surface area contributed by atoms with Crippen LogP contribution >= 0.6 is 0 Å². The molecule has 0 fully saturated rings. The van der Waals surface area contributed by atoms with Gasteiger partial charge in [0.2, 0.25) is 0 Å². The van der Waals surface area contributed by atoms with Crippen LogP contribution in [0.25, 0.3) is 0 Å². The van der Waals surface area contributed by atoms with E-state index in [-0.39, 0.29) is 0 Å². The summed E-state index contributed by atoms with van der Waals surface area (Å²) in [4.78, 5) is 0. The Kier molecular flexibility index (Phi) is 5.02. The molecule has 2 rings (SSSR count). The van der Waals surface area contributed by atoms with Gasteiger partial charge in [-0.2, -0.15) is 5.10 Å². The Balaban J connectivity index is 2.35. The third kappa shape index (κ3) is 3.27. The van der Waals surface area contributed by atoms with Crippen molar-refractivity contribution in [1.29, 1.82) is 0 Å². The molecule has 0 atom stereocenters. The highest BCUT2D eigenvalue weighted by Gasteiger charge is 2.12. The quantitative estimate of drug-likeness (QED) is 0.888. The first-order valence-electron chi connectivity index (χ1n) is 7.44. The van der Waals surface area contributed by atoms with Crippen LogP contribution in [-0.4, -0.2) is 23.9 Å². The summed E-state index contributed by atoms with van der Waals surface area (Å²) in [6.45, 7) is 8.00. The molecule has 0 aliphatic carbocycles. The van der Waals surface area contributed by atoms with Crippen LogP contribution in [0.1, 0.15) is 35.0 Å². The average Bonchev–Trinajstić information content (AvgIpc) is 2.73. The van der Waals surface area contributed by atoms with Crippen LogP contribution in [0.3, 0.4) is 0 Å². The summed E-state index contributed by atoms with van der Waals surface area (Å²) >= 11 is 0. The van der Waals surface area contributed by atoms with E-state index in [1.807, 2.05) is 13.1 Å². The molecule has 0 aliphatic heterocycles. The Labute approximate surface area is 127 Å². The molecule has 0 bridgehead atoms. The summed E-state index contributed by atoms with van der Waals surface area (Å²) in [6.07, 6.45) is 1.02. The van der Waals surface area contributed by atoms with Crippen LogP contribution < -0.4 is 10.1 Å². The number of nitrogens with zero attached hydrogens (tertiary/aromatic N) is 2. The highest BCUT2D eigenvalue weighted by molar-refractivity contribution is 5.38. The van der Waals surface area contributed by atoms with E-state index in [4.69, 9.17) is 4.74 Å². The second-order valence-electron chi connectivity index (χ2n) is 5.34. The smallest absolute Gasteiger partial charge is 0.123 e. The van der Waals surface area contributed by atoms with Gasteiger partial charge in [0.1, 0.15) is 5.75 Å². The van der Waals surface area contributed by atoms with E-state index in [2.05, 4.69) is 48.0 Å². The topological polar surface area (TPSA) is 39.1 Å². The Morgan fingerprint density at radius 2 is 2.05 bits per heavy atom. The summed E-state index contributed by atoms with van der Waals surface area (Å²) in [5, 5.41) is 7.86. The predicted octanol–water partition coefficient (Wildman–Crippen LogP) is 2.84. The molecule has 0 spiro atoms. The number of aryl methyl sites for hydroxylation is 1. The second-order valence-corrected chi connectivity index (χ2v) is 5.34. The maximum absolute atomic E-state index is 5.49. The molecular formula is C17H25N3O. The lowest BCUT2D eigenvalue weighted by Gasteiger charge is -2.12. The summed E-state index contributed by atoms with van der Waals surface area (Å²) in [5.74, 6) is 0.917. The SMILES string of the molecule is CCc1c(C)nn(Cc2cc(CNC)ccc2OC)c1C. The van der Waals surface area contributed by atoms with Crippen LogP contribution in [0.5, 0.6) is 5.75 Å². The van der Waals surface area contributed by atoms with Gasteiger partial charge in [0.25, 0.3) is 0 Å². The van der Waals surface area contributed by atoms with E-state index >= 15 is 0 Å². The van der Waals surface area contributed by atoms with Crippen molar-refractivity contribution in [3.05, 3.63) is 46.3 Å². The molecule has 1 N–H and O–H groups in total. The Bertz CT molecular complexity index is 617. The van der Waals surface area contributed by atoms with Gasteiger partial charge in [-0.25, -0.2) is 0 Å². The van der Waals surface area contributed by atoms with Crippen molar-refractivity contribution in [3.63, 3.8) is 0 Å². The zero-order valence-corrected chi connectivity index (χ0v) is 13.7. The highest BCUT2D eigenvalue weighted by atomic mass is 16.5. The average molecular weight is 287 g/mol. The first-order valence-corrected chi connectivity index (χ1v) is 7.44. The van der Waals surface area contributed by atoms with Gasteiger partial charge >= 0.3 is 0 Å². The zero-order valence-electron chi connectivity index (χ0n) is 13.7. The monoisotopic (exact) mass is 287 g/mol. The molecular weight excluding hydrogens is 262 g/mol. The molecule has 0 amide bonds. The molecule has 0 aliphatic rings. The van der Waals surface area contributed by atoms with Gasteiger partial charge in [0.15, 0.2) is 0 Å². The standard InChI is InChI=1S/C17H25N3O/c1-6-16-12(2)19-20(13(16)3)11-15-9-14(10-18-4)7-8-17(15)21-5/h7-9,18H,6,10-11H2,1-5H3. The summed E-state index contributed by atoms with van der Waals surface area (Å²) in [5.41, 5.74) is 6.14. The maximum atomic E-state index is 5.49. The zero-order chi connectivity index (χ0) is 15.4. The summed E-state index contributed by atoms with van der Waals surface area (Å²) in [6, 6.07) is 6.32. The number of rotatable bonds is 6. The van der Waals surface area contributed by atoms with Crippen LogP contribution in [0.2, 0.25) is 0 Å². The van der Waals surface area contributed by atoms with Crippen molar-refractivity contribution in [3.8, 4) is 5.75 Å². The van der Waals surface area contributed by atoms with Gasteiger partial charge in [-0.15, -0.1) is 0 Å². The largest absolute Gasteiger partial charge is 0.496 e. The van der Waals surface area contributed by atoms with Crippen molar-refractivity contribution in [2.24, 2.45) is 0 Å². The number of hydrogen-bond donors (Lipinski definition) is 1. The normalized spacial score (nSPS) is 10.9. The number of hydrogen-bond acceptors (Lipinski definition) is 3. The minimum absolute atomic E-state index is 0.743. The molecule has 1 aromatic carbocycles. The van der Waals surface area contributed by atoms with Gasteiger partial charge in [-0.1, -0.05) is 13.0 Å². The molecule has 4 heteroatoms. The van der Waals surface area contributed by atoms with Crippen LogP contribution in [-0.2, 0) is 19.5 Å². The molecule has 0 saturated carbocycles. The van der Waals surface area contributed by atoms with Crippen LogP contribution in [0.4, 0.5) is 0 Å². The lowest BCUT2D eigenvalue weighted by Crippen LogP contribution is -2.09. The molecule has 4 nitrogen and oxygen atoms in total. The number of aromatic nitrogens is 2. The van der Waals surface area contributed by atoms with Gasteiger partial charge in [0.05, 0.1) is 19.3 Å². The van der Waals surface area contributed by atoms with Crippen LogP contribution in [0, 0.1) is 13.8 Å². The molecule has 1 aromatic heterocycles. The minimum atomic E-state index is 0.743. The van der Waals surface area contributed by atoms with Crippen molar-refractivity contribution in [2.75, 3.05) is 14.2 Å². The van der Waals surface area contributed by atoms with E-state index in [0.29, 0.717) is 0 Å². The Morgan fingerprint density at radius 1 is 1.29 bits per heavy atom. The molecule has 1 heterocycles. The van der Waals surface area contributed by atoms with E-state index in [1.165, 1.54) is 22.4 Å². The lowest BCUT2D eigenvalue weighted by atomic mass is 10.1. The fourth-order valence-electron chi connectivity index (χ4n) is 2.83. The van der Waals surface area contributed by atoms with Crippen molar-refractivity contribution in [1.82, 2.24) is 15.1 Å². The van der Waals surface area contributed by atoms with E-state index in [1.54, 1.807) is 7.11 Å². The fourth-order valence-corrected chi connectivity index (χ4v) is 2.83. The Hall–Kier alpha value is -1.81. The molecule has 0 saturated heterocycles. The third-order valence-corrected chi connectivity index (χ3v) is 3.93. The van der Waals surface area contributed by atoms with Crippen molar-refractivity contribution < 1.29 is 4.74 Å². The third-order valence-electron chi connectivity index (χ3n) is 3.93. The lowest BCUT2D eigenvalue weighted by molar-refractivity contribution is 0.407. The number of ether oxygens (including phenoxy) is 1. The number of methoxy groups -OCH3 is 1. The van der Waals surface area contributed by atoms with E-state index < -0.39 is 0 Å². The molecule has 0 unspecified atom stereocenters. The molecule has 21 heavy (non-hydrogen) atoms. The van der Waals surface area contributed by atoms with Crippen molar-refractivity contribution in [2.45, 2.75) is 40.3 Å². The molecule has 2 aromatic rings.